The minimum absolute atomic E-state index is 0.152. The van der Waals surface area contributed by atoms with Gasteiger partial charge in [0.15, 0.2) is 0 Å². The average Bonchev–Trinajstić information content (AvgIpc) is 2.32. The van der Waals surface area contributed by atoms with E-state index in [1.54, 1.807) is 0 Å². The lowest BCUT2D eigenvalue weighted by Gasteiger charge is -2.37. The Labute approximate surface area is 91.9 Å². The topological polar surface area (TPSA) is 38.0 Å². The van der Waals surface area contributed by atoms with Gasteiger partial charge in [-0.2, -0.15) is 0 Å². The summed E-state index contributed by atoms with van der Waals surface area (Å²) in [6.45, 7) is 1.85. The molecule has 1 unspecified atom stereocenters. The van der Waals surface area contributed by atoms with Crippen LogP contribution in [0.5, 0.6) is 0 Å². The van der Waals surface area contributed by atoms with Crippen LogP contribution in [0, 0.1) is 0 Å². The van der Waals surface area contributed by atoms with Gasteiger partial charge in [-0.05, 0) is 31.4 Å². The largest absolute Gasteiger partial charge is 0.329 e. The van der Waals surface area contributed by atoms with Gasteiger partial charge in [0, 0.05) is 12.1 Å². The van der Waals surface area contributed by atoms with E-state index < -0.39 is 0 Å². The summed E-state index contributed by atoms with van der Waals surface area (Å²) >= 11 is 0. The van der Waals surface area contributed by atoms with Crippen molar-refractivity contribution in [1.82, 2.24) is 5.32 Å². The highest BCUT2D eigenvalue weighted by Crippen LogP contribution is 2.22. The number of hydrogen-bond donors (Lipinski definition) is 2. The van der Waals surface area contributed by atoms with Crippen molar-refractivity contribution >= 4 is 0 Å². The summed E-state index contributed by atoms with van der Waals surface area (Å²) in [5, 5.41) is 3.61. The second-order valence-corrected chi connectivity index (χ2v) is 4.53. The molecule has 2 nitrogen and oxygen atoms in total. The quantitative estimate of drug-likeness (QED) is 0.786. The highest BCUT2D eigenvalue weighted by molar-refractivity contribution is 5.18. The predicted octanol–water partition coefficient (Wildman–Crippen LogP) is 1.70. The third-order valence-corrected chi connectivity index (χ3v) is 3.36. The molecule has 15 heavy (non-hydrogen) atoms. The second kappa shape index (κ2) is 4.77. The number of benzene rings is 1. The van der Waals surface area contributed by atoms with Crippen LogP contribution in [-0.4, -0.2) is 18.6 Å². The van der Waals surface area contributed by atoms with Crippen LogP contribution < -0.4 is 11.1 Å². The molecule has 0 bridgehead atoms. The summed E-state index contributed by atoms with van der Waals surface area (Å²) in [5.41, 5.74) is 7.46. The summed E-state index contributed by atoms with van der Waals surface area (Å²) < 4.78 is 0. The Hall–Kier alpha value is -0.860. The molecule has 0 spiro atoms. The summed E-state index contributed by atoms with van der Waals surface area (Å²) in [6, 6.07) is 10.6. The lowest BCUT2D eigenvalue weighted by molar-refractivity contribution is 0.259. The Kier molecular flexibility index (Phi) is 3.39. The first-order valence-corrected chi connectivity index (χ1v) is 5.84. The van der Waals surface area contributed by atoms with Crippen LogP contribution in [-0.2, 0) is 6.42 Å². The van der Waals surface area contributed by atoms with Crippen LogP contribution in [0.2, 0.25) is 0 Å². The molecule has 1 aromatic rings. The maximum absolute atomic E-state index is 5.92. The molecule has 82 valence electrons. The number of rotatable bonds is 3. The predicted molar refractivity (Wildman–Crippen MR) is 63.8 cm³/mol. The summed E-state index contributed by atoms with van der Waals surface area (Å²) in [5.74, 6) is 0. The van der Waals surface area contributed by atoms with Gasteiger partial charge in [-0.1, -0.05) is 36.8 Å². The van der Waals surface area contributed by atoms with Crippen LogP contribution in [0.1, 0.15) is 24.8 Å². The molecular weight excluding hydrogens is 184 g/mol. The van der Waals surface area contributed by atoms with Crippen LogP contribution in [0.25, 0.3) is 0 Å². The fourth-order valence-corrected chi connectivity index (χ4v) is 2.41. The Balaban J connectivity index is 2.07. The van der Waals surface area contributed by atoms with Crippen molar-refractivity contribution in [2.75, 3.05) is 13.1 Å². The number of hydrogen-bond acceptors (Lipinski definition) is 2. The minimum atomic E-state index is 0.152. The number of nitrogens with one attached hydrogen (secondary N) is 1. The zero-order chi connectivity index (χ0) is 10.6. The molecule has 1 fully saturated rings. The minimum Gasteiger partial charge on any atom is -0.329 e. The first-order chi connectivity index (χ1) is 7.35. The normalized spacial score (nSPS) is 26.5. The first kappa shape index (κ1) is 10.7. The molecule has 0 aliphatic carbocycles. The van der Waals surface area contributed by atoms with E-state index in [0.717, 1.165) is 19.5 Å². The molecule has 1 atom stereocenters. The molecule has 2 heteroatoms. The second-order valence-electron chi connectivity index (χ2n) is 4.53. The zero-order valence-electron chi connectivity index (χ0n) is 9.21. The Bertz CT molecular complexity index is 289. The molecule has 0 radical (unpaired) electrons. The maximum Gasteiger partial charge on any atom is 0.0344 e. The fourth-order valence-electron chi connectivity index (χ4n) is 2.41. The zero-order valence-corrected chi connectivity index (χ0v) is 9.21. The van der Waals surface area contributed by atoms with Crippen molar-refractivity contribution < 1.29 is 0 Å². The summed E-state index contributed by atoms with van der Waals surface area (Å²) in [6.07, 6.45) is 4.86. The average molecular weight is 204 g/mol. The van der Waals surface area contributed by atoms with Crippen molar-refractivity contribution in [1.29, 1.82) is 0 Å². The lowest BCUT2D eigenvalue weighted by Crippen LogP contribution is -2.55. The van der Waals surface area contributed by atoms with Gasteiger partial charge in [0.05, 0.1) is 0 Å². The highest BCUT2D eigenvalue weighted by Gasteiger charge is 2.29. The van der Waals surface area contributed by atoms with E-state index in [0.29, 0.717) is 0 Å². The van der Waals surface area contributed by atoms with Gasteiger partial charge >= 0.3 is 0 Å². The van der Waals surface area contributed by atoms with Gasteiger partial charge in [-0.25, -0.2) is 0 Å². The van der Waals surface area contributed by atoms with Gasteiger partial charge < -0.3 is 11.1 Å². The van der Waals surface area contributed by atoms with Crippen LogP contribution in [0.3, 0.4) is 0 Å². The molecule has 0 amide bonds. The molecule has 1 heterocycles. The van der Waals surface area contributed by atoms with Gasteiger partial charge in [-0.3, -0.25) is 0 Å². The number of nitrogens with two attached hydrogens (primary N) is 1. The van der Waals surface area contributed by atoms with Gasteiger partial charge in [0.25, 0.3) is 0 Å². The Morgan fingerprint density at radius 1 is 1.20 bits per heavy atom. The smallest absolute Gasteiger partial charge is 0.0344 e. The molecule has 2 rings (SSSR count). The van der Waals surface area contributed by atoms with E-state index in [1.165, 1.54) is 24.8 Å². The first-order valence-electron chi connectivity index (χ1n) is 5.84. The third-order valence-electron chi connectivity index (χ3n) is 3.36. The molecular formula is C13H20N2. The molecule has 1 aromatic carbocycles. The molecule has 0 saturated carbocycles. The molecule has 0 aromatic heterocycles. The van der Waals surface area contributed by atoms with E-state index in [4.69, 9.17) is 5.73 Å². The standard InChI is InChI=1S/C13H20N2/c14-11-13(8-4-5-9-15-13)10-12-6-2-1-3-7-12/h1-3,6-7,15H,4-5,8-11,14H2. The van der Waals surface area contributed by atoms with E-state index in [9.17, 15) is 0 Å². The van der Waals surface area contributed by atoms with E-state index >= 15 is 0 Å². The van der Waals surface area contributed by atoms with Crippen molar-refractivity contribution in [3.63, 3.8) is 0 Å². The van der Waals surface area contributed by atoms with Crippen molar-refractivity contribution in [3.8, 4) is 0 Å². The number of piperidine rings is 1. The Morgan fingerprint density at radius 2 is 2.00 bits per heavy atom. The summed E-state index contributed by atoms with van der Waals surface area (Å²) in [4.78, 5) is 0. The van der Waals surface area contributed by atoms with Crippen molar-refractivity contribution in [3.05, 3.63) is 35.9 Å². The Morgan fingerprint density at radius 3 is 2.60 bits per heavy atom. The lowest BCUT2D eigenvalue weighted by atomic mass is 9.83. The maximum atomic E-state index is 5.92. The molecule has 1 aliphatic heterocycles. The molecule has 1 aliphatic rings. The molecule has 1 saturated heterocycles. The highest BCUT2D eigenvalue weighted by atomic mass is 15.0. The van der Waals surface area contributed by atoms with E-state index in [2.05, 4.69) is 35.6 Å². The van der Waals surface area contributed by atoms with E-state index in [1.807, 2.05) is 0 Å². The van der Waals surface area contributed by atoms with Gasteiger partial charge in [0.2, 0.25) is 0 Å². The van der Waals surface area contributed by atoms with Gasteiger partial charge in [-0.15, -0.1) is 0 Å². The fraction of sp³-hybridized carbons (Fsp3) is 0.538. The molecule has 3 N–H and O–H groups in total. The van der Waals surface area contributed by atoms with E-state index in [-0.39, 0.29) is 5.54 Å². The van der Waals surface area contributed by atoms with Crippen LogP contribution in [0.4, 0.5) is 0 Å². The third kappa shape index (κ3) is 2.58. The van der Waals surface area contributed by atoms with Crippen LogP contribution in [0.15, 0.2) is 30.3 Å². The monoisotopic (exact) mass is 204 g/mol. The van der Waals surface area contributed by atoms with Crippen molar-refractivity contribution in [2.45, 2.75) is 31.2 Å². The SMILES string of the molecule is NCC1(Cc2ccccc2)CCCCN1. The van der Waals surface area contributed by atoms with Crippen molar-refractivity contribution in [2.24, 2.45) is 5.73 Å². The van der Waals surface area contributed by atoms with Gasteiger partial charge in [0.1, 0.15) is 0 Å². The van der Waals surface area contributed by atoms with Crippen LogP contribution >= 0.6 is 0 Å². The summed E-state index contributed by atoms with van der Waals surface area (Å²) in [7, 11) is 0.